The van der Waals surface area contributed by atoms with Crippen LogP contribution in [0.4, 0.5) is 0 Å². The van der Waals surface area contributed by atoms with Gasteiger partial charge in [-0.25, -0.2) is 0 Å². The molecule has 0 atom stereocenters. The lowest BCUT2D eigenvalue weighted by Crippen LogP contribution is -2.32. The monoisotopic (exact) mass is 198 g/mol. The van der Waals surface area contributed by atoms with Gasteiger partial charge in [-0.2, -0.15) is 0 Å². The molecule has 0 aliphatic carbocycles. The zero-order chi connectivity index (χ0) is 11.3. The Hall–Kier alpha value is -1.72. The van der Waals surface area contributed by atoms with E-state index in [0.29, 0.717) is 5.82 Å². The fraction of sp³-hybridized carbons (Fsp3) is 0.500. The molecule has 6 heteroatoms. The fourth-order valence-corrected chi connectivity index (χ4v) is 0.693. The van der Waals surface area contributed by atoms with E-state index in [-0.39, 0.29) is 5.69 Å². The van der Waals surface area contributed by atoms with E-state index < -0.39 is 11.5 Å². The molecule has 0 unspecified atom stereocenters. The quantitative estimate of drug-likeness (QED) is 0.665. The summed E-state index contributed by atoms with van der Waals surface area (Å²) >= 11 is 0. The predicted octanol–water partition coefficient (Wildman–Crippen LogP) is -0.391. The number of nitrogens with zero attached hydrogens (tertiary/aromatic N) is 3. The number of hydrogen-bond donors (Lipinski definition) is 1. The lowest BCUT2D eigenvalue weighted by molar-refractivity contribution is 0.0992. The van der Waals surface area contributed by atoms with Crippen molar-refractivity contribution in [3.63, 3.8) is 0 Å². The lowest BCUT2D eigenvalue weighted by Gasteiger charge is -2.00. The third kappa shape index (κ3) is 2.38. The second-order valence-corrected chi connectivity index (χ2v) is 2.32. The number of amides is 1. The Morgan fingerprint density at radius 2 is 1.86 bits per heavy atom. The molecule has 1 amide bonds. The molecule has 0 aliphatic rings. The first-order chi connectivity index (χ1) is 6.54. The molecule has 0 aromatic carbocycles. The van der Waals surface area contributed by atoms with E-state index in [1.807, 2.05) is 13.8 Å². The van der Waals surface area contributed by atoms with Crippen LogP contribution < -0.4 is 11.3 Å². The Morgan fingerprint density at radius 3 is 2.29 bits per heavy atom. The molecule has 2 N–H and O–H groups in total. The van der Waals surface area contributed by atoms with E-state index in [2.05, 4.69) is 10.2 Å². The standard InChI is InChI=1S/C6H8N4O2.C2H6/c1-3-8-9-4(5(7)11)6(12)10(3)2;1-2/h1-2H3,(H2,7,11);1-2H3. The van der Waals surface area contributed by atoms with Gasteiger partial charge in [-0.05, 0) is 6.92 Å². The van der Waals surface area contributed by atoms with E-state index >= 15 is 0 Å². The summed E-state index contributed by atoms with van der Waals surface area (Å²) in [5.74, 6) is -0.423. The van der Waals surface area contributed by atoms with Crippen molar-refractivity contribution in [3.05, 3.63) is 21.9 Å². The third-order valence-electron chi connectivity index (χ3n) is 1.52. The Morgan fingerprint density at radius 1 is 1.36 bits per heavy atom. The SMILES string of the molecule is CC.Cc1nnc(C(N)=O)c(=O)n1C. The number of hydrogen-bond acceptors (Lipinski definition) is 4. The Bertz CT molecular complexity index is 383. The van der Waals surface area contributed by atoms with E-state index in [1.165, 1.54) is 11.6 Å². The molecule has 1 aromatic heterocycles. The van der Waals surface area contributed by atoms with Crippen LogP contribution in [0.15, 0.2) is 4.79 Å². The fourth-order valence-electron chi connectivity index (χ4n) is 0.693. The van der Waals surface area contributed by atoms with Crippen molar-refractivity contribution in [1.29, 1.82) is 0 Å². The number of rotatable bonds is 1. The largest absolute Gasteiger partial charge is 0.364 e. The van der Waals surface area contributed by atoms with Gasteiger partial charge in [0.2, 0.25) is 5.69 Å². The first kappa shape index (κ1) is 12.3. The first-order valence-corrected chi connectivity index (χ1v) is 4.24. The average Bonchev–Trinajstić information content (AvgIpc) is 2.17. The van der Waals surface area contributed by atoms with Gasteiger partial charge < -0.3 is 5.73 Å². The average molecular weight is 198 g/mol. The summed E-state index contributed by atoms with van der Waals surface area (Å²) in [6.45, 7) is 5.61. The van der Waals surface area contributed by atoms with Crippen LogP contribution in [0.5, 0.6) is 0 Å². The van der Waals surface area contributed by atoms with Crippen molar-refractivity contribution >= 4 is 5.91 Å². The van der Waals surface area contributed by atoms with Gasteiger partial charge in [0.05, 0.1) is 0 Å². The van der Waals surface area contributed by atoms with Crippen LogP contribution in [0, 0.1) is 6.92 Å². The van der Waals surface area contributed by atoms with Gasteiger partial charge in [0.1, 0.15) is 5.82 Å². The summed E-state index contributed by atoms with van der Waals surface area (Å²) in [6.07, 6.45) is 0. The van der Waals surface area contributed by atoms with Crippen LogP contribution in [0.1, 0.15) is 30.2 Å². The third-order valence-corrected chi connectivity index (χ3v) is 1.52. The van der Waals surface area contributed by atoms with E-state index in [4.69, 9.17) is 5.73 Å². The van der Waals surface area contributed by atoms with Crippen molar-refractivity contribution in [2.45, 2.75) is 20.8 Å². The maximum Gasteiger partial charge on any atom is 0.285 e. The van der Waals surface area contributed by atoms with Gasteiger partial charge in [-0.1, -0.05) is 13.8 Å². The Kier molecular flexibility index (Phi) is 4.48. The first-order valence-electron chi connectivity index (χ1n) is 4.24. The van der Waals surface area contributed by atoms with Crippen LogP contribution in [0.3, 0.4) is 0 Å². The van der Waals surface area contributed by atoms with Crippen LogP contribution in [0.25, 0.3) is 0 Å². The summed E-state index contributed by atoms with van der Waals surface area (Å²) in [4.78, 5) is 21.8. The summed E-state index contributed by atoms with van der Waals surface area (Å²) in [7, 11) is 1.50. The van der Waals surface area contributed by atoms with Crippen LogP contribution in [-0.4, -0.2) is 20.7 Å². The molecule has 0 fully saturated rings. The molecule has 0 aliphatic heterocycles. The molecule has 1 heterocycles. The topological polar surface area (TPSA) is 90.9 Å². The smallest absolute Gasteiger partial charge is 0.285 e. The summed E-state index contributed by atoms with van der Waals surface area (Å²) in [5, 5.41) is 6.95. The maximum absolute atomic E-state index is 11.2. The summed E-state index contributed by atoms with van der Waals surface area (Å²) in [5.41, 5.74) is 4.03. The molecular weight excluding hydrogens is 184 g/mol. The van der Waals surface area contributed by atoms with Gasteiger partial charge >= 0.3 is 0 Å². The van der Waals surface area contributed by atoms with Gasteiger partial charge in [0.15, 0.2) is 0 Å². The van der Waals surface area contributed by atoms with Crippen LogP contribution in [0.2, 0.25) is 0 Å². The summed E-state index contributed by atoms with van der Waals surface area (Å²) < 4.78 is 1.22. The molecule has 78 valence electrons. The molecule has 1 aromatic rings. The normalized spacial score (nSPS) is 8.86. The second kappa shape index (κ2) is 5.11. The number of carbonyl (C=O) groups is 1. The van der Waals surface area contributed by atoms with E-state index in [0.717, 1.165) is 0 Å². The van der Waals surface area contributed by atoms with Crippen molar-refractivity contribution < 1.29 is 4.79 Å². The van der Waals surface area contributed by atoms with Gasteiger partial charge in [0, 0.05) is 7.05 Å². The van der Waals surface area contributed by atoms with Crippen LogP contribution >= 0.6 is 0 Å². The minimum absolute atomic E-state index is 0.330. The molecule has 0 spiro atoms. The minimum atomic E-state index is -0.858. The molecular formula is C8H14N4O2. The predicted molar refractivity (Wildman–Crippen MR) is 51.9 cm³/mol. The highest BCUT2D eigenvalue weighted by Crippen LogP contribution is 1.84. The Balaban J connectivity index is 0.000000791. The highest BCUT2D eigenvalue weighted by Gasteiger charge is 2.10. The number of nitrogens with two attached hydrogens (primary N) is 1. The van der Waals surface area contributed by atoms with Crippen LogP contribution in [-0.2, 0) is 7.05 Å². The minimum Gasteiger partial charge on any atom is -0.364 e. The van der Waals surface area contributed by atoms with Crippen molar-refractivity contribution in [1.82, 2.24) is 14.8 Å². The maximum atomic E-state index is 11.2. The molecule has 0 saturated carbocycles. The summed E-state index contributed by atoms with van der Waals surface area (Å²) in [6, 6.07) is 0. The van der Waals surface area contributed by atoms with Crippen molar-refractivity contribution in [3.8, 4) is 0 Å². The number of carbonyl (C=O) groups excluding carboxylic acids is 1. The molecule has 0 saturated heterocycles. The molecule has 6 nitrogen and oxygen atoms in total. The van der Waals surface area contributed by atoms with Gasteiger partial charge in [-0.3, -0.25) is 14.2 Å². The van der Waals surface area contributed by atoms with Crippen molar-refractivity contribution in [2.24, 2.45) is 12.8 Å². The lowest BCUT2D eigenvalue weighted by atomic mass is 10.4. The highest BCUT2D eigenvalue weighted by atomic mass is 16.2. The molecule has 0 bridgehead atoms. The van der Waals surface area contributed by atoms with Gasteiger partial charge in [0.25, 0.3) is 11.5 Å². The molecule has 1 rings (SSSR count). The van der Waals surface area contributed by atoms with Crippen molar-refractivity contribution in [2.75, 3.05) is 0 Å². The molecule has 14 heavy (non-hydrogen) atoms. The number of primary amides is 1. The van der Waals surface area contributed by atoms with Gasteiger partial charge in [-0.15, -0.1) is 10.2 Å². The second-order valence-electron chi connectivity index (χ2n) is 2.32. The zero-order valence-electron chi connectivity index (χ0n) is 8.74. The number of aryl methyl sites for hydroxylation is 1. The number of aromatic nitrogens is 3. The van der Waals surface area contributed by atoms with E-state index in [9.17, 15) is 9.59 Å². The Labute approximate surface area is 81.8 Å². The zero-order valence-corrected chi connectivity index (χ0v) is 8.74. The van der Waals surface area contributed by atoms with E-state index in [1.54, 1.807) is 6.92 Å². The molecule has 0 radical (unpaired) electrons. The highest BCUT2D eigenvalue weighted by molar-refractivity contribution is 5.90.